The molecule has 1 aromatic carbocycles. The van der Waals surface area contributed by atoms with Crippen molar-refractivity contribution < 1.29 is 4.79 Å². The van der Waals surface area contributed by atoms with Gasteiger partial charge in [-0.25, -0.2) is 0 Å². The van der Waals surface area contributed by atoms with E-state index in [-0.39, 0.29) is 5.78 Å². The zero-order valence-electron chi connectivity index (χ0n) is 6.27. The fourth-order valence-corrected chi connectivity index (χ4v) is 1.04. The molecule has 0 unspecified atom stereocenters. The Kier molecular flexibility index (Phi) is 3.44. The Morgan fingerprint density at radius 3 is 2.25 bits per heavy atom. The lowest BCUT2D eigenvalue weighted by atomic mass is 10.1. The van der Waals surface area contributed by atoms with Crippen molar-refractivity contribution >= 4 is 31.0 Å². The van der Waals surface area contributed by atoms with Crippen molar-refractivity contribution in [3.8, 4) is 0 Å². The van der Waals surface area contributed by atoms with Crippen LogP contribution in [0.3, 0.4) is 0 Å². The van der Waals surface area contributed by atoms with Crippen molar-refractivity contribution in [2.24, 2.45) is 0 Å². The summed E-state index contributed by atoms with van der Waals surface area (Å²) in [5, 5.41) is 0. The number of carbonyl (C=O) groups excluding carboxylic acids is 1. The van der Waals surface area contributed by atoms with E-state index in [0.717, 1.165) is 0 Å². The summed E-state index contributed by atoms with van der Waals surface area (Å²) in [6, 6.07) is 9.00. The molecule has 0 aliphatic heterocycles. The lowest BCUT2D eigenvalue weighted by molar-refractivity contribution is 0.104. The summed E-state index contributed by atoms with van der Waals surface area (Å²) in [5.41, 5.74) is 0.651. The van der Waals surface area contributed by atoms with E-state index in [1.54, 1.807) is 12.1 Å². The summed E-state index contributed by atoms with van der Waals surface area (Å²) in [7, 11) is 0. The number of hydrogen-bond donors (Lipinski definition) is 2. The van der Waals surface area contributed by atoms with E-state index in [2.05, 4.69) is 25.3 Å². The third-order valence-corrected chi connectivity index (χ3v) is 1.58. The van der Waals surface area contributed by atoms with Crippen LogP contribution in [-0.2, 0) is 0 Å². The van der Waals surface area contributed by atoms with Crippen molar-refractivity contribution in [3.05, 3.63) is 46.2 Å². The number of rotatable bonds is 2. The highest BCUT2D eigenvalue weighted by atomic mass is 32.2. The summed E-state index contributed by atoms with van der Waals surface area (Å²) in [5.74, 6) is -0.0735. The molecule has 3 heteroatoms. The van der Waals surface area contributed by atoms with Crippen LogP contribution in [0, 0.1) is 0 Å². The first-order valence-electron chi connectivity index (χ1n) is 3.39. The topological polar surface area (TPSA) is 17.1 Å². The van der Waals surface area contributed by atoms with Crippen molar-refractivity contribution in [1.82, 2.24) is 0 Å². The first-order valence-corrected chi connectivity index (χ1v) is 4.28. The van der Waals surface area contributed by atoms with Crippen LogP contribution >= 0.6 is 25.3 Å². The molecule has 0 spiro atoms. The van der Waals surface area contributed by atoms with E-state index < -0.39 is 0 Å². The molecule has 0 bridgehead atoms. The Morgan fingerprint density at radius 1 is 1.17 bits per heavy atom. The molecule has 0 N–H and O–H groups in total. The number of carbonyl (C=O) groups is 1. The van der Waals surface area contributed by atoms with Gasteiger partial charge < -0.3 is 0 Å². The summed E-state index contributed by atoms with van der Waals surface area (Å²) >= 11 is 7.78. The van der Waals surface area contributed by atoms with Gasteiger partial charge in [0.05, 0.1) is 0 Å². The van der Waals surface area contributed by atoms with Gasteiger partial charge in [-0.1, -0.05) is 30.3 Å². The molecule has 1 rings (SSSR count). The number of allylic oxidation sites excluding steroid dienone is 1. The van der Waals surface area contributed by atoms with E-state index in [0.29, 0.717) is 9.80 Å². The second-order valence-electron chi connectivity index (χ2n) is 2.23. The van der Waals surface area contributed by atoms with Gasteiger partial charge in [-0.2, -0.15) is 0 Å². The van der Waals surface area contributed by atoms with Crippen molar-refractivity contribution in [1.29, 1.82) is 0 Å². The first-order chi connectivity index (χ1) is 5.70. The molecular weight excluding hydrogens is 188 g/mol. The Labute approximate surface area is 82.3 Å². The smallest absolute Gasteiger partial charge is 0.187 e. The number of benzene rings is 1. The summed E-state index contributed by atoms with van der Waals surface area (Å²) in [6.07, 6.45) is 1.38. The predicted molar refractivity (Wildman–Crippen MR) is 56.8 cm³/mol. The van der Waals surface area contributed by atoms with E-state index in [9.17, 15) is 4.79 Å². The van der Waals surface area contributed by atoms with E-state index in [1.807, 2.05) is 18.2 Å². The highest BCUT2D eigenvalue weighted by Gasteiger charge is 1.99. The van der Waals surface area contributed by atoms with Crippen LogP contribution < -0.4 is 0 Å². The molecule has 0 saturated heterocycles. The minimum Gasteiger partial charge on any atom is -0.289 e. The van der Waals surface area contributed by atoms with Crippen LogP contribution in [0.25, 0.3) is 0 Å². The average Bonchev–Trinajstić information content (AvgIpc) is 2.05. The standard InChI is InChI=1S/C9H8OS2/c10-8(6-9(11)12)7-4-2-1-3-5-7/h1-6,11-12H. The molecule has 0 aliphatic rings. The summed E-state index contributed by atoms with van der Waals surface area (Å²) < 4.78 is 0.420. The summed E-state index contributed by atoms with van der Waals surface area (Å²) in [6.45, 7) is 0. The minimum atomic E-state index is -0.0735. The quantitative estimate of drug-likeness (QED) is 0.422. The Bertz CT molecular complexity index is 300. The highest BCUT2D eigenvalue weighted by Crippen LogP contribution is 2.08. The number of ketones is 1. The van der Waals surface area contributed by atoms with Crippen LogP contribution in [-0.4, -0.2) is 5.78 Å². The highest BCUT2D eigenvalue weighted by molar-refractivity contribution is 8.05. The van der Waals surface area contributed by atoms with E-state index in [4.69, 9.17) is 0 Å². The van der Waals surface area contributed by atoms with Crippen LogP contribution in [0.1, 0.15) is 10.4 Å². The molecule has 0 atom stereocenters. The van der Waals surface area contributed by atoms with Crippen LogP contribution in [0.5, 0.6) is 0 Å². The lowest BCUT2D eigenvalue weighted by Gasteiger charge is -1.93. The van der Waals surface area contributed by atoms with Crippen LogP contribution in [0.2, 0.25) is 0 Å². The third-order valence-electron chi connectivity index (χ3n) is 1.32. The largest absolute Gasteiger partial charge is 0.289 e. The maximum absolute atomic E-state index is 11.3. The fraction of sp³-hybridized carbons (Fsp3) is 0. The van der Waals surface area contributed by atoms with Gasteiger partial charge in [0.15, 0.2) is 5.78 Å². The molecule has 0 radical (unpaired) electrons. The Balaban J connectivity index is 2.87. The van der Waals surface area contributed by atoms with E-state index >= 15 is 0 Å². The molecule has 0 aromatic heterocycles. The van der Waals surface area contributed by atoms with Gasteiger partial charge in [0.1, 0.15) is 0 Å². The fourth-order valence-electron chi connectivity index (χ4n) is 0.803. The lowest BCUT2D eigenvalue weighted by Crippen LogP contribution is -1.92. The molecule has 0 aliphatic carbocycles. The second kappa shape index (κ2) is 4.38. The third kappa shape index (κ3) is 2.75. The van der Waals surface area contributed by atoms with Crippen LogP contribution in [0.4, 0.5) is 0 Å². The molecule has 0 saturated carbocycles. The molecular formula is C9H8OS2. The summed E-state index contributed by atoms with van der Waals surface area (Å²) in [4.78, 5) is 11.3. The predicted octanol–water partition coefficient (Wildman–Crippen LogP) is 2.57. The van der Waals surface area contributed by atoms with Gasteiger partial charge in [0.2, 0.25) is 0 Å². The molecule has 62 valence electrons. The van der Waals surface area contributed by atoms with Gasteiger partial charge in [-0.15, -0.1) is 25.3 Å². The van der Waals surface area contributed by atoms with Gasteiger partial charge >= 0.3 is 0 Å². The molecule has 0 heterocycles. The Morgan fingerprint density at radius 2 is 1.75 bits per heavy atom. The van der Waals surface area contributed by atoms with E-state index in [1.165, 1.54) is 6.08 Å². The zero-order valence-corrected chi connectivity index (χ0v) is 8.06. The molecule has 0 amide bonds. The maximum atomic E-state index is 11.3. The van der Waals surface area contributed by atoms with Gasteiger partial charge in [-0.05, 0) is 0 Å². The minimum absolute atomic E-state index is 0.0735. The monoisotopic (exact) mass is 196 g/mol. The molecule has 0 fully saturated rings. The van der Waals surface area contributed by atoms with Crippen molar-refractivity contribution in [2.45, 2.75) is 0 Å². The average molecular weight is 196 g/mol. The second-order valence-corrected chi connectivity index (χ2v) is 3.55. The Hall–Kier alpha value is -0.670. The first kappa shape index (κ1) is 9.42. The maximum Gasteiger partial charge on any atom is 0.187 e. The molecule has 1 aromatic rings. The zero-order chi connectivity index (χ0) is 8.97. The van der Waals surface area contributed by atoms with Crippen molar-refractivity contribution in [3.63, 3.8) is 0 Å². The van der Waals surface area contributed by atoms with Crippen molar-refractivity contribution in [2.75, 3.05) is 0 Å². The number of thiol groups is 2. The van der Waals surface area contributed by atoms with Crippen LogP contribution in [0.15, 0.2) is 40.6 Å². The molecule has 1 nitrogen and oxygen atoms in total. The van der Waals surface area contributed by atoms with Gasteiger partial charge in [0.25, 0.3) is 0 Å². The van der Waals surface area contributed by atoms with Gasteiger partial charge in [-0.3, -0.25) is 4.79 Å². The number of hydrogen-bond acceptors (Lipinski definition) is 3. The normalized spacial score (nSPS) is 9.17. The SMILES string of the molecule is O=C(C=C(S)S)c1ccccc1. The molecule has 12 heavy (non-hydrogen) atoms. The van der Waals surface area contributed by atoms with Gasteiger partial charge in [0, 0.05) is 15.9 Å².